The van der Waals surface area contributed by atoms with Gasteiger partial charge in [0.15, 0.2) is 0 Å². The highest BCUT2D eigenvalue weighted by molar-refractivity contribution is 5.61. The smallest absolute Gasteiger partial charge is 0.132 e. The Morgan fingerprint density at radius 2 is 1.74 bits per heavy atom. The topological polar surface area (TPSA) is 42.1 Å². The molecule has 1 atom stereocenters. The van der Waals surface area contributed by atoms with Crippen molar-refractivity contribution in [2.24, 2.45) is 5.73 Å². The van der Waals surface area contributed by atoms with Gasteiger partial charge in [0.25, 0.3) is 0 Å². The molecule has 1 aromatic heterocycles. The van der Waals surface area contributed by atoms with Crippen molar-refractivity contribution in [2.45, 2.75) is 26.8 Å². The number of rotatable bonds is 3. The number of nitrogens with zero attached hydrogens (tertiary/aromatic N) is 2. The molecule has 0 aliphatic heterocycles. The van der Waals surface area contributed by atoms with Crippen LogP contribution in [0.25, 0.3) is 0 Å². The maximum atomic E-state index is 5.92. The minimum absolute atomic E-state index is 0.0226. The molecule has 2 aromatic rings. The van der Waals surface area contributed by atoms with Gasteiger partial charge in [-0.1, -0.05) is 6.07 Å². The van der Waals surface area contributed by atoms with E-state index in [-0.39, 0.29) is 6.04 Å². The highest BCUT2D eigenvalue weighted by atomic mass is 15.2. The monoisotopic (exact) mass is 255 g/mol. The van der Waals surface area contributed by atoms with Crippen LogP contribution in [-0.2, 0) is 0 Å². The van der Waals surface area contributed by atoms with Crippen molar-refractivity contribution in [3.05, 3.63) is 53.2 Å². The third-order valence-corrected chi connectivity index (χ3v) is 3.23. The first-order chi connectivity index (χ1) is 8.97. The van der Waals surface area contributed by atoms with Gasteiger partial charge in [0, 0.05) is 25.0 Å². The number of aryl methyl sites for hydroxylation is 2. The summed E-state index contributed by atoms with van der Waals surface area (Å²) < 4.78 is 0. The van der Waals surface area contributed by atoms with Crippen LogP contribution in [0.3, 0.4) is 0 Å². The van der Waals surface area contributed by atoms with Crippen molar-refractivity contribution < 1.29 is 0 Å². The molecule has 0 amide bonds. The maximum absolute atomic E-state index is 5.92. The van der Waals surface area contributed by atoms with E-state index < -0.39 is 0 Å². The molecule has 2 rings (SSSR count). The van der Waals surface area contributed by atoms with Crippen LogP contribution in [0.5, 0.6) is 0 Å². The number of benzene rings is 1. The quantitative estimate of drug-likeness (QED) is 0.913. The number of pyridine rings is 1. The number of aromatic nitrogens is 1. The molecule has 2 N–H and O–H groups in total. The minimum Gasteiger partial charge on any atom is -0.329 e. The Bertz CT molecular complexity index is 556. The van der Waals surface area contributed by atoms with Gasteiger partial charge in [-0.3, -0.25) is 0 Å². The van der Waals surface area contributed by atoms with Gasteiger partial charge in [0.1, 0.15) is 5.82 Å². The van der Waals surface area contributed by atoms with Gasteiger partial charge in [-0.2, -0.15) is 0 Å². The van der Waals surface area contributed by atoms with Gasteiger partial charge < -0.3 is 10.6 Å². The SMILES string of the molecule is Cc1cc(C)cc(N(C)c2cc([C@@H](C)N)ccn2)c1. The highest BCUT2D eigenvalue weighted by Crippen LogP contribution is 2.25. The molecule has 1 heterocycles. The van der Waals surface area contributed by atoms with Gasteiger partial charge in [-0.25, -0.2) is 4.98 Å². The zero-order chi connectivity index (χ0) is 14.0. The largest absolute Gasteiger partial charge is 0.329 e. The summed E-state index contributed by atoms with van der Waals surface area (Å²) in [5.41, 5.74) is 10.7. The van der Waals surface area contributed by atoms with Gasteiger partial charge in [0.2, 0.25) is 0 Å². The molecular formula is C16H21N3. The Morgan fingerprint density at radius 3 is 2.32 bits per heavy atom. The third-order valence-electron chi connectivity index (χ3n) is 3.23. The summed E-state index contributed by atoms with van der Waals surface area (Å²) in [6.45, 7) is 6.20. The second kappa shape index (κ2) is 5.41. The minimum atomic E-state index is 0.0226. The molecule has 100 valence electrons. The Hall–Kier alpha value is -1.87. The van der Waals surface area contributed by atoms with Crippen LogP contribution < -0.4 is 10.6 Å². The van der Waals surface area contributed by atoms with E-state index in [4.69, 9.17) is 5.73 Å². The predicted octanol–water partition coefficient (Wildman–Crippen LogP) is 3.49. The predicted molar refractivity (Wildman–Crippen MR) is 80.8 cm³/mol. The fraction of sp³-hybridized carbons (Fsp3) is 0.312. The summed E-state index contributed by atoms with van der Waals surface area (Å²) >= 11 is 0. The van der Waals surface area contributed by atoms with Gasteiger partial charge in [-0.15, -0.1) is 0 Å². The zero-order valence-electron chi connectivity index (χ0n) is 12.0. The Kier molecular flexibility index (Phi) is 3.86. The average Bonchev–Trinajstić information content (AvgIpc) is 2.37. The van der Waals surface area contributed by atoms with E-state index in [9.17, 15) is 0 Å². The lowest BCUT2D eigenvalue weighted by Gasteiger charge is -2.20. The van der Waals surface area contributed by atoms with Crippen LogP contribution in [0.2, 0.25) is 0 Å². The number of hydrogen-bond donors (Lipinski definition) is 1. The van der Waals surface area contributed by atoms with Crippen molar-refractivity contribution in [1.82, 2.24) is 4.98 Å². The zero-order valence-corrected chi connectivity index (χ0v) is 12.0. The summed E-state index contributed by atoms with van der Waals surface area (Å²) in [4.78, 5) is 6.52. The lowest BCUT2D eigenvalue weighted by atomic mass is 10.1. The number of hydrogen-bond acceptors (Lipinski definition) is 3. The van der Waals surface area contributed by atoms with Gasteiger partial charge in [-0.05, 0) is 61.7 Å². The summed E-state index contributed by atoms with van der Waals surface area (Å²) in [5, 5.41) is 0. The molecule has 3 nitrogen and oxygen atoms in total. The summed E-state index contributed by atoms with van der Waals surface area (Å²) in [5.74, 6) is 0.916. The van der Waals surface area contributed by atoms with Gasteiger partial charge >= 0.3 is 0 Å². The average molecular weight is 255 g/mol. The molecule has 1 aromatic carbocycles. The molecule has 0 saturated carbocycles. The van der Waals surface area contributed by atoms with Crippen LogP contribution in [-0.4, -0.2) is 12.0 Å². The van der Waals surface area contributed by atoms with Crippen molar-refractivity contribution >= 4 is 11.5 Å². The molecule has 0 bridgehead atoms. The van der Waals surface area contributed by atoms with Crippen LogP contribution >= 0.6 is 0 Å². The molecule has 0 aliphatic rings. The second-order valence-electron chi connectivity index (χ2n) is 5.14. The van der Waals surface area contributed by atoms with E-state index in [2.05, 4.69) is 41.9 Å². The fourth-order valence-corrected chi connectivity index (χ4v) is 2.18. The summed E-state index contributed by atoms with van der Waals surface area (Å²) in [6.07, 6.45) is 1.81. The van der Waals surface area contributed by atoms with E-state index in [0.29, 0.717) is 0 Å². The van der Waals surface area contributed by atoms with Crippen LogP contribution in [0.1, 0.15) is 29.7 Å². The van der Waals surface area contributed by atoms with E-state index in [1.165, 1.54) is 11.1 Å². The molecule has 0 saturated heterocycles. The van der Waals surface area contributed by atoms with Crippen LogP contribution in [0.4, 0.5) is 11.5 Å². The second-order valence-corrected chi connectivity index (χ2v) is 5.14. The maximum Gasteiger partial charge on any atom is 0.132 e. The summed E-state index contributed by atoms with van der Waals surface area (Å²) in [6, 6.07) is 10.5. The fourth-order valence-electron chi connectivity index (χ4n) is 2.18. The van der Waals surface area contributed by atoms with E-state index in [0.717, 1.165) is 17.1 Å². The van der Waals surface area contributed by atoms with Crippen LogP contribution in [0, 0.1) is 13.8 Å². The molecule has 3 heteroatoms. The van der Waals surface area contributed by atoms with Crippen molar-refractivity contribution in [3.8, 4) is 0 Å². The molecule has 0 fully saturated rings. The summed E-state index contributed by atoms with van der Waals surface area (Å²) in [7, 11) is 2.03. The molecule has 19 heavy (non-hydrogen) atoms. The van der Waals surface area contributed by atoms with Crippen LogP contribution in [0.15, 0.2) is 36.5 Å². The highest BCUT2D eigenvalue weighted by Gasteiger charge is 2.08. The van der Waals surface area contributed by atoms with Crippen molar-refractivity contribution in [2.75, 3.05) is 11.9 Å². The first-order valence-electron chi connectivity index (χ1n) is 6.51. The third kappa shape index (κ3) is 3.12. The van der Waals surface area contributed by atoms with E-state index >= 15 is 0 Å². The van der Waals surface area contributed by atoms with Crippen molar-refractivity contribution in [1.29, 1.82) is 0 Å². The van der Waals surface area contributed by atoms with E-state index in [1.54, 1.807) is 0 Å². The van der Waals surface area contributed by atoms with E-state index in [1.807, 2.05) is 32.3 Å². The van der Waals surface area contributed by atoms with Crippen molar-refractivity contribution in [3.63, 3.8) is 0 Å². The Labute approximate surface area is 115 Å². The Balaban J connectivity index is 2.38. The Morgan fingerprint density at radius 1 is 1.11 bits per heavy atom. The molecule has 0 aliphatic carbocycles. The lowest BCUT2D eigenvalue weighted by molar-refractivity contribution is 0.814. The normalized spacial score (nSPS) is 12.3. The molecule has 0 spiro atoms. The first kappa shape index (κ1) is 13.6. The standard InChI is InChI=1S/C16H21N3/c1-11-7-12(2)9-15(8-11)19(4)16-10-14(13(3)17)5-6-18-16/h5-10,13H,17H2,1-4H3/t13-/m1/s1. The first-order valence-corrected chi connectivity index (χ1v) is 6.51. The molecular weight excluding hydrogens is 234 g/mol. The number of nitrogens with two attached hydrogens (primary N) is 1. The molecule has 0 unspecified atom stereocenters. The molecule has 0 radical (unpaired) electrons. The van der Waals surface area contributed by atoms with Gasteiger partial charge in [0.05, 0.1) is 0 Å². The lowest BCUT2D eigenvalue weighted by Crippen LogP contribution is -2.13. The number of anilines is 2.